The highest BCUT2D eigenvalue weighted by atomic mass is 19.1. The number of rotatable bonds is 6. The van der Waals surface area contributed by atoms with Crippen LogP contribution in [0.5, 0.6) is 0 Å². The number of hydrogen-bond donors (Lipinski definition) is 3. The number of benzene rings is 3. The van der Waals surface area contributed by atoms with Crippen molar-refractivity contribution in [2.24, 2.45) is 0 Å². The molecular weight excluding hydrogens is 443 g/mol. The second-order valence-electron chi connectivity index (χ2n) is 8.21. The van der Waals surface area contributed by atoms with E-state index < -0.39 is 11.7 Å². The zero-order valence-electron chi connectivity index (χ0n) is 19.1. The summed E-state index contributed by atoms with van der Waals surface area (Å²) in [5.41, 5.74) is 3.67. The first-order valence-corrected chi connectivity index (χ1v) is 11.4. The van der Waals surface area contributed by atoms with Crippen LogP contribution in [0.15, 0.2) is 79.5 Å². The highest BCUT2D eigenvalue weighted by Crippen LogP contribution is 2.33. The van der Waals surface area contributed by atoms with Gasteiger partial charge in [-0.05, 0) is 36.4 Å². The molecule has 2 heterocycles. The molecule has 0 aliphatic carbocycles. The van der Waals surface area contributed by atoms with E-state index in [1.807, 2.05) is 24.3 Å². The van der Waals surface area contributed by atoms with E-state index in [-0.39, 0.29) is 5.69 Å². The van der Waals surface area contributed by atoms with Gasteiger partial charge in [-0.2, -0.15) is 0 Å². The first-order chi connectivity index (χ1) is 17.1. The van der Waals surface area contributed by atoms with Crippen molar-refractivity contribution in [3.05, 3.63) is 85.3 Å². The Labute approximate surface area is 202 Å². The van der Waals surface area contributed by atoms with E-state index >= 15 is 4.39 Å². The molecule has 0 atom stereocenters. The first kappa shape index (κ1) is 22.5. The van der Waals surface area contributed by atoms with Gasteiger partial charge in [0.2, 0.25) is 11.9 Å². The molecule has 3 aromatic carbocycles. The van der Waals surface area contributed by atoms with Gasteiger partial charge in [-0.25, -0.2) is 14.4 Å². The van der Waals surface area contributed by atoms with Gasteiger partial charge in [-0.3, -0.25) is 4.79 Å². The lowest BCUT2D eigenvalue weighted by Gasteiger charge is -2.29. The van der Waals surface area contributed by atoms with E-state index in [0.717, 1.165) is 43.3 Å². The van der Waals surface area contributed by atoms with Crippen molar-refractivity contribution in [1.29, 1.82) is 0 Å². The van der Waals surface area contributed by atoms with Crippen molar-refractivity contribution in [2.75, 3.05) is 41.7 Å². The summed E-state index contributed by atoms with van der Waals surface area (Å²) in [6.07, 6.45) is 2.82. The van der Waals surface area contributed by atoms with E-state index in [4.69, 9.17) is 4.98 Å². The molecule has 0 saturated carbocycles. The molecule has 0 unspecified atom stereocenters. The topological polar surface area (TPSA) is 82.2 Å². The van der Waals surface area contributed by atoms with E-state index in [9.17, 15) is 4.79 Å². The number of nitrogens with one attached hydrogen (secondary N) is 3. The number of anilines is 4. The van der Waals surface area contributed by atoms with Crippen LogP contribution in [0.1, 0.15) is 0 Å². The van der Waals surface area contributed by atoms with Gasteiger partial charge in [0.05, 0.1) is 11.2 Å². The molecule has 1 aliphatic heterocycles. The molecule has 0 bridgehead atoms. The average molecular weight is 469 g/mol. The summed E-state index contributed by atoms with van der Waals surface area (Å²) in [4.78, 5) is 23.2. The Morgan fingerprint density at radius 2 is 1.77 bits per heavy atom. The zero-order chi connectivity index (χ0) is 24.2. The van der Waals surface area contributed by atoms with Crippen LogP contribution >= 0.6 is 0 Å². The molecule has 4 aromatic rings. The number of carbonyl (C=O) groups excluding carboxylic acids is 1. The van der Waals surface area contributed by atoms with Crippen molar-refractivity contribution in [3.63, 3.8) is 0 Å². The maximum Gasteiger partial charge on any atom is 0.247 e. The number of halogens is 1. The van der Waals surface area contributed by atoms with Crippen LogP contribution in [-0.2, 0) is 4.79 Å². The Morgan fingerprint density at radius 3 is 2.54 bits per heavy atom. The zero-order valence-corrected chi connectivity index (χ0v) is 19.1. The predicted octanol–water partition coefficient (Wildman–Crippen LogP) is 4.71. The molecule has 1 aliphatic rings. The Bertz CT molecular complexity index is 1380. The highest BCUT2D eigenvalue weighted by molar-refractivity contribution is 6.00. The summed E-state index contributed by atoms with van der Waals surface area (Å²) in [7, 11) is 0. The molecule has 7 nitrogen and oxygen atoms in total. The monoisotopic (exact) mass is 468 g/mol. The van der Waals surface area contributed by atoms with Crippen LogP contribution in [-0.4, -0.2) is 42.1 Å². The van der Waals surface area contributed by atoms with Gasteiger partial charge in [-0.15, -0.1) is 0 Å². The second kappa shape index (κ2) is 9.90. The van der Waals surface area contributed by atoms with Crippen LogP contribution in [0.4, 0.5) is 27.4 Å². The van der Waals surface area contributed by atoms with E-state index in [1.54, 1.807) is 24.4 Å². The minimum atomic E-state index is -0.535. The van der Waals surface area contributed by atoms with Crippen LogP contribution in [0.2, 0.25) is 0 Å². The van der Waals surface area contributed by atoms with Gasteiger partial charge >= 0.3 is 0 Å². The normalized spacial score (nSPS) is 13.5. The molecule has 1 saturated heterocycles. The Morgan fingerprint density at radius 1 is 1.03 bits per heavy atom. The quantitative estimate of drug-likeness (QED) is 0.356. The van der Waals surface area contributed by atoms with Crippen molar-refractivity contribution in [3.8, 4) is 11.1 Å². The fourth-order valence-corrected chi connectivity index (χ4v) is 4.16. The van der Waals surface area contributed by atoms with Crippen molar-refractivity contribution >= 4 is 39.8 Å². The maximum absolute atomic E-state index is 15.3. The van der Waals surface area contributed by atoms with Gasteiger partial charge in [0.25, 0.3) is 0 Å². The lowest BCUT2D eigenvalue weighted by molar-refractivity contribution is -0.111. The molecule has 0 radical (unpaired) electrons. The minimum Gasteiger partial charge on any atom is -0.369 e. The molecule has 1 amide bonds. The average Bonchev–Trinajstić information content (AvgIpc) is 2.90. The summed E-state index contributed by atoms with van der Waals surface area (Å²) in [6, 6.07) is 18.6. The number of amides is 1. The molecule has 35 heavy (non-hydrogen) atoms. The number of piperazine rings is 1. The molecule has 0 spiro atoms. The van der Waals surface area contributed by atoms with Gasteiger partial charge in [0.1, 0.15) is 0 Å². The largest absolute Gasteiger partial charge is 0.369 e. The predicted molar refractivity (Wildman–Crippen MR) is 139 cm³/mol. The summed E-state index contributed by atoms with van der Waals surface area (Å²) in [5.74, 6) is -0.598. The third kappa shape index (κ3) is 4.83. The lowest BCUT2D eigenvalue weighted by Crippen LogP contribution is -2.43. The van der Waals surface area contributed by atoms with Crippen molar-refractivity contribution in [2.45, 2.75) is 0 Å². The summed E-state index contributed by atoms with van der Waals surface area (Å²) in [5, 5.41) is 9.90. The van der Waals surface area contributed by atoms with Crippen LogP contribution in [0, 0.1) is 5.82 Å². The molecule has 5 rings (SSSR count). The van der Waals surface area contributed by atoms with Gasteiger partial charge in [-0.1, -0.05) is 36.9 Å². The maximum atomic E-state index is 15.3. The Hall–Kier alpha value is -4.30. The van der Waals surface area contributed by atoms with Gasteiger partial charge in [0.15, 0.2) is 5.82 Å². The SMILES string of the molecule is C=CC(=O)Nc1cccc(-c2cccc3cnc(Nc4ccc(N5CCNCC5)cc4)nc23)c1F. The Balaban J connectivity index is 1.45. The third-order valence-corrected chi connectivity index (χ3v) is 5.95. The molecule has 3 N–H and O–H groups in total. The Kier molecular flexibility index (Phi) is 6.36. The molecule has 8 heteroatoms. The fraction of sp³-hybridized carbons (Fsp3) is 0.148. The first-order valence-electron chi connectivity index (χ1n) is 11.4. The van der Waals surface area contributed by atoms with E-state index in [0.29, 0.717) is 22.6 Å². The number of hydrogen-bond acceptors (Lipinski definition) is 6. The fourth-order valence-electron chi connectivity index (χ4n) is 4.16. The van der Waals surface area contributed by atoms with E-state index in [1.165, 1.54) is 11.8 Å². The number of carbonyl (C=O) groups is 1. The van der Waals surface area contributed by atoms with Crippen LogP contribution in [0.25, 0.3) is 22.0 Å². The number of aromatic nitrogens is 2. The second-order valence-corrected chi connectivity index (χ2v) is 8.21. The highest BCUT2D eigenvalue weighted by Gasteiger charge is 2.15. The summed E-state index contributed by atoms with van der Waals surface area (Å²) >= 11 is 0. The van der Waals surface area contributed by atoms with Crippen molar-refractivity contribution in [1.82, 2.24) is 15.3 Å². The number of nitrogens with zero attached hydrogens (tertiary/aromatic N) is 3. The van der Waals surface area contributed by atoms with Crippen molar-refractivity contribution < 1.29 is 9.18 Å². The smallest absolute Gasteiger partial charge is 0.247 e. The molecular formula is C27H25FN6O. The van der Waals surface area contributed by atoms with Gasteiger partial charge in [0, 0.05) is 60.3 Å². The van der Waals surface area contributed by atoms with Crippen LogP contribution in [0.3, 0.4) is 0 Å². The molecule has 1 fully saturated rings. The molecule has 176 valence electrons. The number of fused-ring (bicyclic) bond motifs is 1. The minimum absolute atomic E-state index is 0.0846. The molecule has 1 aromatic heterocycles. The summed E-state index contributed by atoms with van der Waals surface area (Å²) < 4.78 is 15.3. The standard InChI is InChI=1S/C27H25FN6O/c1-2-24(35)32-23-8-4-6-21(25(23)28)22-7-3-5-18-17-30-27(33-26(18)22)31-19-9-11-20(12-10-19)34-15-13-29-14-16-34/h2-12,17,29H,1,13-16H2,(H,32,35)(H,30,31,33). The third-order valence-electron chi connectivity index (χ3n) is 5.95. The summed E-state index contributed by atoms with van der Waals surface area (Å²) in [6.45, 7) is 7.35. The lowest BCUT2D eigenvalue weighted by atomic mass is 10.0. The van der Waals surface area contributed by atoms with E-state index in [2.05, 4.69) is 44.5 Å². The number of para-hydroxylation sites is 1. The van der Waals surface area contributed by atoms with Gasteiger partial charge < -0.3 is 20.9 Å². The van der Waals surface area contributed by atoms with Crippen LogP contribution < -0.4 is 20.9 Å².